The van der Waals surface area contributed by atoms with Gasteiger partial charge in [0.15, 0.2) is 0 Å². The molecule has 0 aliphatic heterocycles. The average Bonchev–Trinajstić information content (AvgIpc) is 3.01. The first kappa shape index (κ1) is 10.1. The maximum absolute atomic E-state index is 11.5. The molecule has 1 heterocycles. The van der Waals surface area contributed by atoms with E-state index < -0.39 is 0 Å². The molecule has 4 heteroatoms. The standard InChI is InChI=1S/C11H15N3O/c1-7(2)9-5-10(13-6-12-9)14-11(15)8-3-4-8/h5-8H,3-4H2,1-2H3,(H,12,13,14,15). The summed E-state index contributed by atoms with van der Waals surface area (Å²) in [6.07, 6.45) is 3.51. The number of rotatable bonds is 3. The van der Waals surface area contributed by atoms with E-state index in [2.05, 4.69) is 29.1 Å². The van der Waals surface area contributed by atoms with E-state index in [1.807, 2.05) is 6.07 Å². The summed E-state index contributed by atoms with van der Waals surface area (Å²) in [5.74, 6) is 1.26. The van der Waals surface area contributed by atoms with Gasteiger partial charge < -0.3 is 5.32 Å². The highest BCUT2D eigenvalue weighted by atomic mass is 16.2. The second-order valence-corrected chi connectivity index (χ2v) is 4.25. The highest BCUT2D eigenvalue weighted by molar-refractivity contribution is 5.93. The Morgan fingerprint density at radius 3 is 2.80 bits per heavy atom. The number of nitrogens with zero attached hydrogens (tertiary/aromatic N) is 2. The van der Waals surface area contributed by atoms with Crippen LogP contribution < -0.4 is 5.32 Å². The third-order valence-electron chi connectivity index (χ3n) is 2.48. The Balaban J connectivity index is 2.07. The largest absolute Gasteiger partial charge is 0.310 e. The third kappa shape index (κ3) is 2.52. The van der Waals surface area contributed by atoms with Crippen LogP contribution in [-0.4, -0.2) is 15.9 Å². The summed E-state index contributed by atoms with van der Waals surface area (Å²) in [5, 5.41) is 2.81. The highest BCUT2D eigenvalue weighted by Crippen LogP contribution is 2.30. The van der Waals surface area contributed by atoms with Crippen LogP contribution in [0.2, 0.25) is 0 Å². The Hall–Kier alpha value is -1.45. The van der Waals surface area contributed by atoms with Crippen LogP contribution in [0.4, 0.5) is 5.82 Å². The molecule has 15 heavy (non-hydrogen) atoms. The molecule has 1 aliphatic rings. The van der Waals surface area contributed by atoms with Crippen molar-refractivity contribution in [2.24, 2.45) is 5.92 Å². The fourth-order valence-electron chi connectivity index (χ4n) is 1.33. The second kappa shape index (κ2) is 3.96. The lowest BCUT2D eigenvalue weighted by atomic mass is 10.1. The number of nitrogens with one attached hydrogen (secondary N) is 1. The molecule has 1 fully saturated rings. The molecule has 0 radical (unpaired) electrons. The van der Waals surface area contributed by atoms with Gasteiger partial charge in [-0.3, -0.25) is 4.79 Å². The van der Waals surface area contributed by atoms with Crippen molar-refractivity contribution in [3.05, 3.63) is 18.1 Å². The van der Waals surface area contributed by atoms with E-state index in [1.54, 1.807) is 0 Å². The molecule has 0 bridgehead atoms. The van der Waals surface area contributed by atoms with E-state index in [0.29, 0.717) is 11.7 Å². The van der Waals surface area contributed by atoms with Gasteiger partial charge in [-0.15, -0.1) is 0 Å². The van der Waals surface area contributed by atoms with Gasteiger partial charge in [0.2, 0.25) is 5.91 Å². The summed E-state index contributed by atoms with van der Waals surface area (Å²) in [6, 6.07) is 1.84. The highest BCUT2D eigenvalue weighted by Gasteiger charge is 2.29. The Morgan fingerprint density at radius 2 is 2.20 bits per heavy atom. The van der Waals surface area contributed by atoms with Gasteiger partial charge in [0.25, 0.3) is 0 Å². The summed E-state index contributed by atoms with van der Waals surface area (Å²) in [6.45, 7) is 4.13. The number of amides is 1. The van der Waals surface area contributed by atoms with Gasteiger partial charge in [0.1, 0.15) is 12.1 Å². The first-order chi connectivity index (χ1) is 7.16. The van der Waals surface area contributed by atoms with Crippen molar-refractivity contribution in [1.29, 1.82) is 0 Å². The summed E-state index contributed by atoms with van der Waals surface area (Å²) in [5.41, 5.74) is 0.955. The van der Waals surface area contributed by atoms with Crippen molar-refractivity contribution >= 4 is 11.7 Å². The van der Waals surface area contributed by atoms with Crippen molar-refractivity contribution in [2.45, 2.75) is 32.6 Å². The van der Waals surface area contributed by atoms with E-state index in [-0.39, 0.29) is 11.8 Å². The van der Waals surface area contributed by atoms with Crippen LogP contribution in [0.1, 0.15) is 38.3 Å². The maximum atomic E-state index is 11.5. The molecule has 1 aliphatic carbocycles. The predicted molar refractivity (Wildman–Crippen MR) is 57.5 cm³/mol. The second-order valence-electron chi connectivity index (χ2n) is 4.25. The van der Waals surface area contributed by atoms with Crippen LogP contribution in [0.3, 0.4) is 0 Å². The minimum atomic E-state index is 0.0865. The van der Waals surface area contributed by atoms with Crippen LogP contribution in [0.15, 0.2) is 12.4 Å². The Bertz CT molecular complexity index is 372. The molecule has 0 aromatic carbocycles. The SMILES string of the molecule is CC(C)c1cc(NC(=O)C2CC2)ncn1. The van der Waals surface area contributed by atoms with E-state index in [1.165, 1.54) is 6.33 Å². The van der Waals surface area contributed by atoms with Gasteiger partial charge in [0.05, 0.1) is 0 Å². The smallest absolute Gasteiger partial charge is 0.228 e. The van der Waals surface area contributed by atoms with Crippen LogP contribution in [0.25, 0.3) is 0 Å². The minimum absolute atomic E-state index is 0.0865. The van der Waals surface area contributed by atoms with Crippen molar-refractivity contribution in [1.82, 2.24) is 9.97 Å². The monoisotopic (exact) mass is 205 g/mol. The third-order valence-corrected chi connectivity index (χ3v) is 2.48. The maximum Gasteiger partial charge on any atom is 0.228 e. The normalized spacial score (nSPS) is 15.4. The first-order valence-corrected chi connectivity index (χ1v) is 5.29. The zero-order valence-corrected chi connectivity index (χ0v) is 9.03. The predicted octanol–water partition coefficient (Wildman–Crippen LogP) is 1.95. The van der Waals surface area contributed by atoms with Crippen molar-refractivity contribution in [3.8, 4) is 0 Å². The lowest BCUT2D eigenvalue weighted by Gasteiger charge is -2.06. The van der Waals surface area contributed by atoms with Gasteiger partial charge in [-0.2, -0.15) is 0 Å². The summed E-state index contributed by atoms with van der Waals surface area (Å²) in [4.78, 5) is 19.7. The van der Waals surface area contributed by atoms with Gasteiger partial charge in [-0.25, -0.2) is 9.97 Å². The molecule has 1 aromatic rings. The Kier molecular flexibility index (Phi) is 2.66. The molecule has 1 aromatic heterocycles. The molecule has 4 nitrogen and oxygen atoms in total. The molecule has 2 rings (SSSR count). The fourth-order valence-corrected chi connectivity index (χ4v) is 1.33. The molecule has 1 amide bonds. The summed E-state index contributed by atoms with van der Waals surface area (Å²) in [7, 11) is 0. The molecule has 80 valence electrons. The zero-order chi connectivity index (χ0) is 10.8. The molecule has 0 spiro atoms. The van der Waals surface area contributed by atoms with Crippen molar-refractivity contribution < 1.29 is 4.79 Å². The number of anilines is 1. The van der Waals surface area contributed by atoms with Crippen LogP contribution in [0, 0.1) is 5.92 Å². The van der Waals surface area contributed by atoms with Gasteiger partial charge in [-0.1, -0.05) is 13.8 Å². The quantitative estimate of drug-likeness (QED) is 0.820. The zero-order valence-electron chi connectivity index (χ0n) is 9.03. The van der Waals surface area contributed by atoms with E-state index in [9.17, 15) is 4.79 Å². The Labute approximate surface area is 89.1 Å². The van der Waals surface area contributed by atoms with Crippen molar-refractivity contribution in [2.75, 3.05) is 5.32 Å². The fraction of sp³-hybridized carbons (Fsp3) is 0.545. The molecule has 0 unspecified atom stereocenters. The molecular formula is C11H15N3O. The van der Waals surface area contributed by atoms with Crippen molar-refractivity contribution in [3.63, 3.8) is 0 Å². The van der Waals surface area contributed by atoms with E-state index in [0.717, 1.165) is 18.5 Å². The molecule has 0 atom stereocenters. The Morgan fingerprint density at radius 1 is 1.47 bits per heavy atom. The average molecular weight is 205 g/mol. The molecule has 1 saturated carbocycles. The molecule has 0 saturated heterocycles. The van der Waals surface area contributed by atoms with E-state index in [4.69, 9.17) is 0 Å². The van der Waals surface area contributed by atoms with Gasteiger partial charge >= 0.3 is 0 Å². The lowest BCUT2D eigenvalue weighted by molar-refractivity contribution is -0.117. The number of hydrogen-bond donors (Lipinski definition) is 1. The number of hydrogen-bond acceptors (Lipinski definition) is 3. The van der Waals surface area contributed by atoms with E-state index >= 15 is 0 Å². The summed E-state index contributed by atoms with van der Waals surface area (Å²) >= 11 is 0. The summed E-state index contributed by atoms with van der Waals surface area (Å²) < 4.78 is 0. The van der Waals surface area contributed by atoms with Gasteiger partial charge in [0, 0.05) is 17.7 Å². The van der Waals surface area contributed by atoms with Crippen LogP contribution in [0.5, 0.6) is 0 Å². The lowest BCUT2D eigenvalue weighted by Crippen LogP contribution is -2.14. The minimum Gasteiger partial charge on any atom is -0.310 e. The van der Waals surface area contributed by atoms with Gasteiger partial charge in [-0.05, 0) is 18.8 Å². The first-order valence-electron chi connectivity index (χ1n) is 5.29. The molecular weight excluding hydrogens is 190 g/mol. The number of carbonyl (C=O) groups is 1. The number of carbonyl (C=O) groups excluding carboxylic acids is 1. The number of aromatic nitrogens is 2. The van der Waals surface area contributed by atoms with Crippen LogP contribution in [-0.2, 0) is 4.79 Å². The van der Waals surface area contributed by atoms with Crippen LogP contribution >= 0.6 is 0 Å². The topological polar surface area (TPSA) is 54.9 Å². The molecule has 1 N–H and O–H groups in total.